The molecule has 108 valence electrons. The van der Waals surface area contributed by atoms with E-state index in [1.807, 2.05) is 36.6 Å². The monoisotopic (exact) mass is 278 g/mol. The number of hydrogen-bond donors (Lipinski definition) is 0. The minimum atomic E-state index is 1.02. The first-order chi connectivity index (χ1) is 10.3. The Morgan fingerprint density at radius 3 is 2.43 bits per heavy atom. The average molecular weight is 278 g/mol. The zero-order valence-electron chi connectivity index (χ0n) is 12.7. The van der Waals surface area contributed by atoms with Crippen LogP contribution in [0.4, 0.5) is 5.69 Å². The Balaban J connectivity index is 2.02. The van der Waals surface area contributed by atoms with Gasteiger partial charge in [-0.2, -0.15) is 0 Å². The molecule has 2 rings (SSSR count). The van der Waals surface area contributed by atoms with Crippen molar-refractivity contribution >= 4 is 18.0 Å². The average Bonchev–Trinajstić information content (AvgIpc) is 2.51. The van der Waals surface area contributed by atoms with Crippen molar-refractivity contribution in [3.63, 3.8) is 0 Å². The number of aliphatic imine (C=N–C) groups is 1. The summed E-state index contributed by atoms with van der Waals surface area (Å²) in [6.45, 7) is 1.03. The maximum atomic E-state index is 4.57. The van der Waals surface area contributed by atoms with Gasteiger partial charge in [0, 0.05) is 12.8 Å². The molecule has 0 atom stereocenters. The van der Waals surface area contributed by atoms with Crippen LogP contribution in [-0.2, 0) is 6.42 Å². The smallest absolute Gasteiger partial charge is 0.0662 e. The third kappa shape index (κ3) is 5.36. The Bertz CT molecular complexity index is 598. The molecule has 0 heterocycles. The van der Waals surface area contributed by atoms with E-state index >= 15 is 0 Å². The fourth-order valence-corrected chi connectivity index (χ4v) is 2.03. The zero-order chi connectivity index (χ0) is 14.9. The number of allylic oxidation sites excluding steroid dienone is 1. The van der Waals surface area contributed by atoms with E-state index in [4.69, 9.17) is 0 Å². The van der Waals surface area contributed by atoms with Crippen LogP contribution in [0.15, 0.2) is 65.7 Å². The second-order valence-electron chi connectivity index (χ2n) is 5.23. The van der Waals surface area contributed by atoms with Crippen molar-refractivity contribution in [1.29, 1.82) is 0 Å². The molecule has 0 radical (unpaired) electrons. The first-order valence-electron chi connectivity index (χ1n) is 7.24. The second kappa shape index (κ2) is 8.18. The molecule has 2 nitrogen and oxygen atoms in total. The van der Waals surface area contributed by atoms with Crippen molar-refractivity contribution in [2.45, 2.75) is 6.42 Å². The quantitative estimate of drug-likeness (QED) is 0.723. The van der Waals surface area contributed by atoms with Gasteiger partial charge >= 0.3 is 0 Å². The summed E-state index contributed by atoms with van der Waals surface area (Å²) < 4.78 is 0. The standard InChI is InChI=1S/C19H22N2/c1-21(2)16-14-18-12-6-7-13-19(18)20-15-8-11-17-9-4-3-5-10-17/h3-13,15H,14,16H2,1-2H3. The Hall–Kier alpha value is -2.19. The van der Waals surface area contributed by atoms with Crippen LogP contribution < -0.4 is 0 Å². The SMILES string of the molecule is CN(C)CCc1ccccc1N=CC=Cc1ccccc1. The molecule has 0 aromatic heterocycles. The molecule has 2 aromatic carbocycles. The van der Waals surface area contributed by atoms with E-state index in [1.165, 1.54) is 11.1 Å². The molecule has 0 fully saturated rings. The van der Waals surface area contributed by atoms with Gasteiger partial charge in [0.1, 0.15) is 0 Å². The highest BCUT2D eigenvalue weighted by Gasteiger charge is 2.00. The summed E-state index contributed by atoms with van der Waals surface area (Å²) in [4.78, 5) is 6.76. The minimum absolute atomic E-state index is 1.02. The largest absolute Gasteiger partial charge is 0.309 e. The predicted molar refractivity (Wildman–Crippen MR) is 92.3 cm³/mol. The van der Waals surface area contributed by atoms with E-state index in [0.717, 1.165) is 18.7 Å². The predicted octanol–water partition coefficient (Wildman–Crippen LogP) is 4.21. The molecule has 0 amide bonds. The van der Waals surface area contributed by atoms with Gasteiger partial charge in [0.05, 0.1) is 5.69 Å². The molecule has 0 unspecified atom stereocenters. The van der Waals surface area contributed by atoms with Gasteiger partial charge in [0.25, 0.3) is 0 Å². The van der Waals surface area contributed by atoms with Gasteiger partial charge in [0.15, 0.2) is 0 Å². The van der Waals surface area contributed by atoms with Crippen LogP contribution in [0.1, 0.15) is 11.1 Å². The van der Waals surface area contributed by atoms with Crippen LogP contribution in [0, 0.1) is 0 Å². The highest BCUT2D eigenvalue weighted by Crippen LogP contribution is 2.18. The van der Waals surface area contributed by atoms with Crippen molar-refractivity contribution in [3.05, 3.63) is 71.8 Å². The molecule has 2 heteroatoms. The van der Waals surface area contributed by atoms with E-state index in [0.29, 0.717) is 0 Å². The topological polar surface area (TPSA) is 15.6 Å². The van der Waals surface area contributed by atoms with E-state index in [2.05, 4.69) is 60.4 Å². The summed E-state index contributed by atoms with van der Waals surface area (Å²) in [5, 5.41) is 0. The molecular weight excluding hydrogens is 256 g/mol. The van der Waals surface area contributed by atoms with Gasteiger partial charge in [-0.25, -0.2) is 0 Å². The number of rotatable bonds is 6. The fourth-order valence-electron chi connectivity index (χ4n) is 2.03. The molecule has 0 bridgehead atoms. The van der Waals surface area contributed by atoms with Gasteiger partial charge in [-0.3, -0.25) is 4.99 Å². The van der Waals surface area contributed by atoms with Crippen molar-refractivity contribution in [1.82, 2.24) is 4.90 Å². The number of para-hydroxylation sites is 1. The molecule has 0 N–H and O–H groups in total. The van der Waals surface area contributed by atoms with Crippen LogP contribution >= 0.6 is 0 Å². The van der Waals surface area contributed by atoms with Crippen LogP contribution in [0.3, 0.4) is 0 Å². The number of hydrogen-bond acceptors (Lipinski definition) is 2. The van der Waals surface area contributed by atoms with Crippen LogP contribution in [0.2, 0.25) is 0 Å². The summed E-state index contributed by atoms with van der Waals surface area (Å²) in [6.07, 6.45) is 6.92. The first-order valence-corrected chi connectivity index (χ1v) is 7.24. The Morgan fingerprint density at radius 2 is 1.67 bits per heavy atom. The minimum Gasteiger partial charge on any atom is -0.309 e. The molecule has 0 saturated heterocycles. The third-order valence-corrected chi connectivity index (χ3v) is 3.21. The second-order valence-corrected chi connectivity index (χ2v) is 5.23. The third-order valence-electron chi connectivity index (χ3n) is 3.21. The lowest BCUT2D eigenvalue weighted by Crippen LogP contribution is -2.15. The van der Waals surface area contributed by atoms with Crippen molar-refractivity contribution in [2.75, 3.05) is 20.6 Å². The summed E-state index contributed by atoms with van der Waals surface area (Å²) in [6, 6.07) is 18.6. The normalized spacial score (nSPS) is 11.8. The van der Waals surface area contributed by atoms with Gasteiger partial charge in [0.2, 0.25) is 0 Å². The lowest BCUT2D eigenvalue weighted by atomic mass is 10.1. The van der Waals surface area contributed by atoms with Crippen LogP contribution in [0.5, 0.6) is 0 Å². The molecule has 2 aromatic rings. The van der Waals surface area contributed by atoms with E-state index in [-0.39, 0.29) is 0 Å². The summed E-state index contributed by atoms with van der Waals surface area (Å²) >= 11 is 0. The van der Waals surface area contributed by atoms with Gasteiger partial charge in [-0.15, -0.1) is 0 Å². The van der Waals surface area contributed by atoms with Crippen molar-refractivity contribution < 1.29 is 0 Å². The maximum absolute atomic E-state index is 4.57. The lowest BCUT2D eigenvalue weighted by molar-refractivity contribution is 0.414. The molecule has 0 saturated carbocycles. The van der Waals surface area contributed by atoms with Crippen LogP contribution in [0.25, 0.3) is 6.08 Å². The molecule has 0 aliphatic heterocycles. The number of benzene rings is 2. The number of likely N-dealkylation sites (N-methyl/N-ethyl adjacent to an activating group) is 1. The molecule has 0 aliphatic rings. The Labute approximate surface area is 127 Å². The fraction of sp³-hybridized carbons (Fsp3) is 0.211. The summed E-state index contributed by atoms with van der Waals surface area (Å²) in [5.41, 5.74) is 3.53. The van der Waals surface area contributed by atoms with Crippen molar-refractivity contribution in [2.24, 2.45) is 4.99 Å². The molecule has 0 spiro atoms. The highest BCUT2D eigenvalue weighted by atomic mass is 15.0. The number of nitrogens with zero attached hydrogens (tertiary/aromatic N) is 2. The van der Waals surface area contributed by atoms with E-state index in [1.54, 1.807) is 0 Å². The molecule has 21 heavy (non-hydrogen) atoms. The van der Waals surface area contributed by atoms with Gasteiger partial charge in [-0.05, 0) is 43.8 Å². The maximum Gasteiger partial charge on any atom is 0.0662 e. The van der Waals surface area contributed by atoms with Gasteiger partial charge < -0.3 is 4.90 Å². The molecule has 0 aliphatic carbocycles. The Morgan fingerprint density at radius 1 is 0.952 bits per heavy atom. The van der Waals surface area contributed by atoms with Crippen molar-refractivity contribution in [3.8, 4) is 0 Å². The van der Waals surface area contributed by atoms with Crippen LogP contribution in [-0.4, -0.2) is 31.8 Å². The zero-order valence-corrected chi connectivity index (χ0v) is 12.7. The summed E-state index contributed by atoms with van der Waals surface area (Å²) in [7, 11) is 4.18. The summed E-state index contributed by atoms with van der Waals surface area (Å²) in [5.74, 6) is 0. The highest BCUT2D eigenvalue weighted by molar-refractivity contribution is 5.80. The molecular formula is C19H22N2. The van der Waals surface area contributed by atoms with Gasteiger partial charge in [-0.1, -0.05) is 54.6 Å². The first kappa shape index (κ1) is 15.2. The Kier molecular flexibility index (Phi) is 5.92. The van der Waals surface area contributed by atoms with E-state index < -0.39 is 0 Å². The van der Waals surface area contributed by atoms with E-state index in [9.17, 15) is 0 Å². The lowest BCUT2D eigenvalue weighted by Gasteiger charge is -2.10.